The topological polar surface area (TPSA) is 75.3 Å². The number of carbonyl (C=O) groups is 3. The van der Waals surface area contributed by atoms with E-state index in [1.807, 2.05) is 78.9 Å². The van der Waals surface area contributed by atoms with Gasteiger partial charge in [-0.3, -0.25) is 14.4 Å². The molecule has 0 heterocycles. The summed E-state index contributed by atoms with van der Waals surface area (Å²) in [5.74, 6) is -0.539. The summed E-state index contributed by atoms with van der Waals surface area (Å²) in [6.45, 7) is 0. The Kier molecular flexibility index (Phi) is 8.86. The number of thioether (sulfide) groups is 1. The molecule has 5 aromatic rings. The van der Waals surface area contributed by atoms with Gasteiger partial charge in [0.1, 0.15) is 5.70 Å². The molecule has 0 radical (unpaired) electrons. The minimum absolute atomic E-state index is 0.0473. The van der Waals surface area contributed by atoms with E-state index in [2.05, 4.69) is 38.7 Å². The monoisotopic (exact) mass is 658 g/mol. The molecule has 0 saturated heterocycles. The van der Waals surface area contributed by atoms with Crippen molar-refractivity contribution in [1.82, 2.24) is 5.32 Å². The van der Waals surface area contributed by atoms with Gasteiger partial charge in [-0.25, -0.2) is 0 Å². The number of Topliss-reactive ketones (excluding diaryl/α,β-unsaturated/α-hetero) is 1. The number of anilines is 1. The van der Waals surface area contributed by atoms with Crippen LogP contribution in [0, 0.1) is 0 Å². The molecule has 0 bridgehead atoms. The number of nitrogens with one attached hydrogen (secondary N) is 2. The third-order valence-corrected chi connectivity index (χ3v) is 8.75. The lowest BCUT2D eigenvalue weighted by atomic mass is 10.0. The van der Waals surface area contributed by atoms with Gasteiger partial charge in [0, 0.05) is 26.2 Å². The molecule has 5 nitrogen and oxygen atoms in total. The lowest BCUT2D eigenvalue weighted by molar-refractivity contribution is -0.113. The smallest absolute Gasteiger partial charge is 0.272 e. The zero-order valence-corrected chi connectivity index (χ0v) is 26.0. The number of benzene rings is 5. The standard InChI is InChI=1S/C37H27BrN2O3S/c38-29-12-6-8-24(18-29)19-34(40-36(42)25-9-2-1-3-10-25)37(43)39-30-13-7-14-31(22-30)44-23-35(41)27-16-17-33-28(21-27)20-26-11-4-5-15-32(26)33/h1-19,21-22H,20,23H2,(H,39,43)(H,40,42)/b34-19-. The van der Waals surface area contributed by atoms with Gasteiger partial charge >= 0.3 is 0 Å². The van der Waals surface area contributed by atoms with Gasteiger partial charge in [0.2, 0.25) is 0 Å². The highest BCUT2D eigenvalue weighted by Crippen LogP contribution is 2.37. The van der Waals surface area contributed by atoms with Crippen LogP contribution < -0.4 is 10.6 Å². The van der Waals surface area contributed by atoms with Crippen LogP contribution in [-0.4, -0.2) is 23.4 Å². The van der Waals surface area contributed by atoms with Gasteiger partial charge in [0.25, 0.3) is 11.8 Å². The fourth-order valence-corrected chi connectivity index (χ4v) is 6.38. The summed E-state index contributed by atoms with van der Waals surface area (Å²) in [5.41, 5.74) is 7.44. The summed E-state index contributed by atoms with van der Waals surface area (Å²) in [6, 6.07) is 37.8. The summed E-state index contributed by atoms with van der Waals surface area (Å²) in [6.07, 6.45) is 2.47. The van der Waals surface area contributed by atoms with Crippen LogP contribution in [0.15, 0.2) is 136 Å². The van der Waals surface area contributed by atoms with E-state index in [-0.39, 0.29) is 23.1 Å². The molecule has 1 aliphatic rings. The van der Waals surface area contributed by atoms with Crippen molar-refractivity contribution in [2.24, 2.45) is 0 Å². The van der Waals surface area contributed by atoms with Gasteiger partial charge in [0.15, 0.2) is 5.78 Å². The van der Waals surface area contributed by atoms with Crippen molar-refractivity contribution in [1.29, 1.82) is 0 Å². The average Bonchev–Trinajstić information content (AvgIpc) is 3.42. The van der Waals surface area contributed by atoms with Crippen molar-refractivity contribution >= 4 is 57.1 Å². The lowest BCUT2D eigenvalue weighted by Gasteiger charge is -2.12. The van der Waals surface area contributed by atoms with Crippen LogP contribution in [-0.2, 0) is 11.2 Å². The fraction of sp³-hybridized carbons (Fsp3) is 0.0541. The number of rotatable bonds is 9. The van der Waals surface area contributed by atoms with E-state index in [0.717, 1.165) is 21.4 Å². The summed E-state index contributed by atoms with van der Waals surface area (Å²) < 4.78 is 0.852. The van der Waals surface area contributed by atoms with Gasteiger partial charge < -0.3 is 10.6 Å². The third kappa shape index (κ3) is 6.91. The second-order valence-electron chi connectivity index (χ2n) is 10.3. The van der Waals surface area contributed by atoms with Crippen LogP contribution in [0.25, 0.3) is 17.2 Å². The highest BCUT2D eigenvalue weighted by Gasteiger charge is 2.20. The molecule has 6 rings (SSSR count). The number of fused-ring (bicyclic) bond motifs is 3. The van der Waals surface area contributed by atoms with Crippen molar-refractivity contribution in [2.75, 3.05) is 11.1 Å². The van der Waals surface area contributed by atoms with Crippen molar-refractivity contribution in [3.05, 3.63) is 159 Å². The zero-order valence-electron chi connectivity index (χ0n) is 23.5. The first kappa shape index (κ1) is 29.4. The van der Waals surface area contributed by atoms with Gasteiger partial charge in [-0.2, -0.15) is 0 Å². The quantitative estimate of drug-likeness (QED) is 0.0929. The molecule has 0 fully saturated rings. The zero-order chi connectivity index (χ0) is 30.5. The van der Waals surface area contributed by atoms with Crippen molar-refractivity contribution < 1.29 is 14.4 Å². The molecule has 0 saturated carbocycles. The molecule has 0 atom stereocenters. The first-order valence-electron chi connectivity index (χ1n) is 14.1. The SMILES string of the molecule is O=C(Nc1cccc(SCC(=O)c2ccc3c(c2)Cc2ccccc2-3)c1)/C(=C/c1cccc(Br)c1)NC(=O)c1ccccc1. The summed E-state index contributed by atoms with van der Waals surface area (Å²) in [4.78, 5) is 40.3. The van der Waals surface area contributed by atoms with E-state index >= 15 is 0 Å². The number of hydrogen-bond acceptors (Lipinski definition) is 4. The largest absolute Gasteiger partial charge is 0.321 e. The minimum Gasteiger partial charge on any atom is -0.321 e. The molecule has 0 spiro atoms. The first-order valence-corrected chi connectivity index (χ1v) is 15.8. The lowest BCUT2D eigenvalue weighted by Crippen LogP contribution is -2.30. The second kappa shape index (κ2) is 13.3. The van der Waals surface area contributed by atoms with Crippen molar-refractivity contribution in [3.63, 3.8) is 0 Å². The van der Waals surface area contributed by atoms with Gasteiger partial charge in [-0.1, -0.05) is 88.7 Å². The highest BCUT2D eigenvalue weighted by atomic mass is 79.9. The van der Waals surface area contributed by atoms with E-state index in [1.54, 1.807) is 36.4 Å². The van der Waals surface area contributed by atoms with E-state index in [1.165, 1.54) is 34.0 Å². The Balaban J connectivity index is 1.14. The second-order valence-corrected chi connectivity index (χ2v) is 12.3. The van der Waals surface area contributed by atoms with Gasteiger partial charge in [-0.15, -0.1) is 11.8 Å². The van der Waals surface area contributed by atoms with E-state index in [0.29, 0.717) is 16.8 Å². The molecule has 1 aliphatic carbocycles. The third-order valence-electron chi connectivity index (χ3n) is 7.27. The first-order chi connectivity index (χ1) is 21.4. The molecule has 2 N–H and O–H groups in total. The maximum Gasteiger partial charge on any atom is 0.272 e. The van der Waals surface area contributed by atoms with Crippen LogP contribution in [0.5, 0.6) is 0 Å². The highest BCUT2D eigenvalue weighted by molar-refractivity contribution is 9.10. The van der Waals surface area contributed by atoms with E-state index in [4.69, 9.17) is 0 Å². The molecule has 0 unspecified atom stereocenters. The van der Waals surface area contributed by atoms with Crippen molar-refractivity contribution in [2.45, 2.75) is 11.3 Å². The van der Waals surface area contributed by atoms with Crippen LogP contribution >= 0.6 is 27.7 Å². The molecule has 5 aromatic carbocycles. The molecule has 44 heavy (non-hydrogen) atoms. The number of carbonyl (C=O) groups excluding carboxylic acids is 3. The minimum atomic E-state index is -0.466. The number of amides is 2. The van der Waals surface area contributed by atoms with Crippen LogP contribution in [0.4, 0.5) is 5.69 Å². The molecule has 216 valence electrons. The van der Waals surface area contributed by atoms with E-state index < -0.39 is 5.91 Å². The molecule has 0 aromatic heterocycles. The predicted octanol–water partition coefficient (Wildman–Crippen LogP) is 8.40. The average molecular weight is 660 g/mol. The summed E-state index contributed by atoms with van der Waals surface area (Å²) in [5, 5.41) is 5.66. The van der Waals surface area contributed by atoms with Crippen LogP contribution in [0.1, 0.15) is 37.4 Å². The number of hydrogen-bond donors (Lipinski definition) is 2. The van der Waals surface area contributed by atoms with E-state index in [9.17, 15) is 14.4 Å². The molecule has 0 aliphatic heterocycles. The Morgan fingerprint density at radius 2 is 1.50 bits per heavy atom. The predicted molar refractivity (Wildman–Crippen MR) is 181 cm³/mol. The van der Waals surface area contributed by atoms with Crippen molar-refractivity contribution in [3.8, 4) is 11.1 Å². The van der Waals surface area contributed by atoms with Gasteiger partial charge in [0.05, 0.1) is 5.75 Å². The molecular formula is C37H27BrN2O3S. The maximum absolute atomic E-state index is 13.4. The van der Waals surface area contributed by atoms with Gasteiger partial charge in [-0.05, 0) is 88.8 Å². The number of ketones is 1. The Bertz CT molecular complexity index is 1920. The summed E-state index contributed by atoms with van der Waals surface area (Å²) in [7, 11) is 0. The normalized spacial score (nSPS) is 11.8. The molecule has 7 heteroatoms. The van der Waals surface area contributed by atoms with Crippen LogP contribution in [0.3, 0.4) is 0 Å². The Labute approximate surface area is 268 Å². The fourth-order valence-electron chi connectivity index (χ4n) is 5.12. The number of halogens is 1. The molecule has 2 amide bonds. The Hall–Kier alpha value is -4.72. The Morgan fingerprint density at radius 1 is 0.727 bits per heavy atom. The molecular weight excluding hydrogens is 632 g/mol. The summed E-state index contributed by atoms with van der Waals surface area (Å²) >= 11 is 4.87. The van der Waals surface area contributed by atoms with Crippen LogP contribution in [0.2, 0.25) is 0 Å². The maximum atomic E-state index is 13.4. The Morgan fingerprint density at radius 3 is 2.34 bits per heavy atom.